The Morgan fingerprint density at radius 1 is 1.33 bits per heavy atom. The van der Waals surface area contributed by atoms with E-state index in [1.165, 1.54) is 5.57 Å². The van der Waals surface area contributed by atoms with Crippen LogP contribution in [0.2, 0.25) is 0 Å². The third-order valence-electron chi connectivity index (χ3n) is 4.51. The van der Waals surface area contributed by atoms with Crippen molar-refractivity contribution < 1.29 is 4.79 Å². The number of allylic oxidation sites excluding steroid dienone is 2. The fourth-order valence-corrected chi connectivity index (χ4v) is 3.53. The topological polar surface area (TPSA) is 29.1 Å². The van der Waals surface area contributed by atoms with E-state index in [4.69, 9.17) is 0 Å². The van der Waals surface area contributed by atoms with Crippen molar-refractivity contribution in [3.8, 4) is 0 Å². The number of anilines is 1. The van der Waals surface area contributed by atoms with E-state index < -0.39 is 0 Å². The lowest BCUT2D eigenvalue weighted by atomic mass is 9.66. The standard InChI is InChI=1S/C19H27NO/c1-14-9-8-12-19(3,4)18(14)17(21)13-15(2)20-16-10-6-5-7-11-16/h5-7,9-11,15,18,20H,8,12-13H2,1-4H3/t15-,18-/m0/s1. The van der Waals surface area contributed by atoms with Crippen molar-refractivity contribution in [2.75, 3.05) is 5.32 Å². The number of hydrogen-bond donors (Lipinski definition) is 1. The van der Waals surface area contributed by atoms with Gasteiger partial charge in [-0.1, -0.05) is 43.7 Å². The van der Waals surface area contributed by atoms with Crippen molar-refractivity contribution >= 4 is 11.5 Å². The lowest BCUT2D eigenvalue weighted by Crippen LogP contribution is -2.36. The fourth-order valence-electron chi connectivity index (χ4n) is 3.53. The van der Waals surface area contributed by atoms with Crippen LogP contribution < -0.4 is 5.32 Å². The second kappa shape index (κ2) is 6.46. The van der Waals surface area contributed by atoms with Gasteiger partial charge in [-0.05, 0) is 44.2 Å². The number of para-hydroxylation sites is 1. The zero-order chi connectivity index (χ0) is 15.5. The number of carbonyl (C=O) groups excluding carboxylic acids is 1. The van der Waals surface area contributed by atoms with Crippen molar-refractivity contribution in [2.24, 2.45) is 11.3 Å². The van der Waals surface area contributed by atoms with Crippen molar-refractivity contribution in [3.63, 3.8) is 0 Å². The summed E-state index contributed by atoms with van der Waals surface area (Å²) in [5, 5.41) is 3.41. The van der Waals surface area contributed by atoms with E-state index in [0.717, 1.165) is 18.5 Å². The molecule has 0 spiro atoms. The molecule has 2 nitrogen and oxygen atoms in total. The number of benzene rings is 1. The molecule has 21 heavy (non-hydrogen) atoms. The monoisotopic (exact) mass is 285 g/mol. The van der Waals surface area contributed by atoms with Gasteiger partial charge in [-0.15, -0.1) is 0 Å². The van der Waals surface area contributed by atoms with Crippen LogP contribution >= 0.6 is 0 Å². The number of rotatable bonds is 5. The van der Waals surface area contributed by atoms with Crippen LogP contribution in [0.1, 0.15) is 47.0 Å². The maximum absolute atomic E-state index is 12.7. The quantitative estimate of drug-likeness (QED) is 0.785. The van der Waals surface area contributed by atoms with Gasteiger partial charge in [0.05, 0.1) is 0 Å². The van der Waals surface area contributed by atoms with Gasteiger partial charge in [-0.25, -0.2) is 0 Å². The molecule has 2 rings (SSSR count). The number of ketones is 1. The first-order chi connectivity index (χ1) is 9.90. The molecule has 0 fully saturated rings. The van der Waals surface area contributed by atoms with Gasteiger partial charge in [0.1, 0.15) is 5.78 Å². The summed E-state index contributed by atoms with van der Waals surface area (Å²) in [4.78, 5) is 12.7. The summed E-state index contributed by atoms with van der Waals surface area (Å²) in [6, 6.07) is 10.3. The molecule has 1 aromatic carbocycles. The Hall–Kier alpha value is -1.57. The van der Waals surface area contributed by atoms with Gasteiger partial charge in [0.25, 0.3) is 0 Å². The van der Waals surface area contributed by atoms with Crippen molar-refractivity contribution in [1.29, 1.82) is 0 Å². The highest BCUT2D eigenvalue weighted by atomic mass is 16.1. The largest absolute Gasteiger partial charge is 0.382 e. The average molecular weight is 285 g/mol. The van der Waals surface area contributed by atoms with Gasteiger partial charge in [0.15, 0.2) is 0 Å². The van der Waals surface area contributed by atoms with Crippen LogP contribution in [0.25, 0.3) is 0 Å². The van der Waals surface area contributed by atoms with Gasteiger partial charge in [-0.3, -0.25) is 4.79 Å². The Labute approximate surface area is 128 Å². The highest BCUT2D eigenvalue weighted by molar-refractivity contribution is 5.85. The molecule has 0 bridgehead atoms. The Bertz CT molecular complexity index is 516. The maximum atomic E-state index is 12.7. The summed E-state index contributed by atoms with van der Waals surface area (Å²) in [6.45, 7) is 8.64. The van der Waals surface area contributed by atoms with Crippen molar-refractivity contribution in [3.05, 3.63) is 42.0 Å². The molecular formula is C19H27NO. The van der Waals surface area contributed by atoms with E-state index in [1.54, 1.807) is 0 Å². The van der Waals surface area contributed by atoms with Gasteiger partial charge in [-0.2, -0.15) is 0 Å². The smallest absolute Gasteiger partial charge is 0.142 e. The highest BCUT2D eigenvalue weighted by Crippen LogP contribution is 2.42. The molecule has 1 aliphatic rings. The van der Waals surface area contributed by atoms with Crippen LogP contribution in [0.3, 0.4) is 0 Å². The second-order valence-electron chi connectivity index (χ2n) is 6.99. The zero-order valence-electron chi connectivity index (χ0n) is 13.6. The molecule has 0 amide bonds. The van der Waals surface area contributed by atoms with Crippen LogP contribution in [0, 0.1) is 11.3 Å². The maximum Gasteiger partial charge on any atom is 0.142 e. The van der Waals surface area contributed by atoms with E-state index in [0.29, 0.717) is 12.2 Å². The Balaban J connectivity index is 2.00. The summed E-state index contributed by atoms with van der Waals surface area (Å²) in [7, 11) is 0. The lowest BCUT2D eigenvalue weighted by Gasteiger charge is -2.38. The van der Waals surface area contributed by atoms with Crippen LogP contribution in [-0.4, -0.2) is 11.8 Å². The van der Waals surface area contributed by atoms with Gasteiger partial charge < -0.3 is 5.32 Å². The molecule has 2 heteroatoms. The SMILES string of the molecule is CC1=CCCC(C)(C)[C@@H]1C(=O)C[C@H](C)Nc1ccccc1. The fraction of sp³-hybridized carbons (Fsp3) is 0.526. The molecule has 0 aromatic heterocycles. The third-order valence-corrected chi connectivity index (χ3v) is 4.51. The van der Waals surface area contributed by atoms with E-state index in [2.05, 4.69) is 39.1 Å². The number of hydrogen-bond acceptors (Lipinski definition) is 2. The van der Waals surface area contributed by atoms with E-state index in [-0.39, 0.29) is 17.4 Å². The summed E-state index contributed by atoms with van der Waals surface area (Å²) in [5.74, 6) is 0.440. The minimum absolute atomic E-state index is 0.0753. The predicted octanol–water partition coefficient (Wildman–Crippen LogP) is 4.83. The molecule has 2 atom stereocenters. The van der Waals surface area contributed by atoms with Gasteiger partial charge in [0, 0.05) is 24.1 Å². The van der Waals surface area contributed by atoms with Crippen LogP contribution in [0.5, 0.6) is 0 Å². The first kappa shape index (κ1) is 15.8. The molecule has 0 aliphatic heterocycles. The summed E-state index contributed by atoms with van der Waals surface area (Å²) in [6.07, 6.45) is 5.01. The number of Topliss-reactive ketones (excluding diaryl/α,β-unsaturated/α-hetero) is 1. The second-order valence-corrected chi connectivity index (χ2v) is 6.99. The minimum atomic E-state index is 0.0753. The van der Waals surface area contributed by atoms with Crippen LogP contribution in [0.4, 0.5) is 5.69 Å². The zero-order valence-corrected chi connectivity index (χ0v) is 13.6. The van der Waals surface area contributed by atoms with E-state index >= 15 is 0 Å². The summed E-state index contributed by atoms with van der Waals surface area (Å²) < 4.78 is 0. The number of nitrogens with one attached hydrogen (secondary N) is 1. The molecular weight excluding hydrogens is 258 g/mol. The molecule has 0 radical (unpaired) electrons. The Morgan fingerprint density at radius 2 is 2.00 bits per heavy atom. The average Bonchev–Trinajstić information content (AvgIpc) is 2.38. The summed E-state index contributed by atoms with van der Waals surface area (Å²) >= 11 is 0. The molecule has 0 heterocycles. The normalized spacial score (nSPS) is 22.3. The molecule has 0 unspecified atom stereocenters. The third kappa shape index (κ3) is 3.96. The summed E-state index contributed by atoms with van der Waals surface area (Å²) in [5.41, 5.74) is 2.42. The highest BCUT2D eigenvalue weighted by Gasteiger charge is 2.37. The van der Waals surface area contributed by atoms with Gasteiger partial charge in [0.2, 0.25) is 0 Å². The first-order valence-corrected chi connectivity index (χ1v) is 7.91. The number of carbonyl (C=O) groups is 1. The van der Waals surface area contributed by atoms with Crippen LogP contribution in [-0.2, 0) is 4.79 Å². The lowest BCUT2D eigenvalue weighted by molar-refractivity contribution is -0.125. The van der Waals surface area contributed by atoms with Gasteiger partial charge >= 0.3 is 0 Å². The molecule has 0 saturated heterocycles. The molecule has 0 saturated carbocycles. The van der Waals surface area contributed by atoms with E-state index in [1.807, 2.05) is 30.3 Å². The van der Waals surface area contributed by atoms with Crippen molar-refractivity contribution in [2.45, 2.75) is 53.0 Å². The Morgan fingerprint density at radius 3 is 2.62 bits per heavy atom. The van der Waals surface area contributed by atoms with Crippen molar-refractivity contribution in [1.82, 2.24) is 0 Å². The Kier molecular flexibility index (Phi) is 4.87. The van der Waals surface area contributed by atoms with Crippen LogP contribution in [0.15, 0.2) is 42.0 Å². The molecule has 114 valence electrons. The predicted molar refractivity (Wildman–Crippen MR) is 89.4 cm³/mol. The minimum Gasteiger partial charge on any atom is -0.382 e. The first-order valence-electron chi connectivity index (χ1n) is 7.91. The molecule has 1 aromatic rings. The molecule has 1 N–H and O–H groups in total. The van der Waals surface area contributed by atoms with E-state index in [9.17, 15) is 4.79 Å². The molecule has 1 aliphatic carbocycles.